The molecule has 0 atom stereocenters. The summed E-state index contributed by atoms with van der Waals surface area (Å²) in [6.45, 7) is 2.47. The Morgan fingerprint density at radius 3 is 2.53 bits per heavy atom. The number of furan rings is 1. The molecule has 0 aliphatic carbocycles. The van der Waals surface area contributed by atoms with Crippen LogP contribution in [-0.4, -0.2) is 29.1 Å². The minimum absolute atomic E-state index is 0.0712. The standard InChI is InChI=1S/C15H17NO3/c1-12-7-8-14(19-12)15(18)16(9-10-17)11-13-5-3-2-4-6-13/h2-8,17H,9-11H2,1H3. The summed E-state index contributed by atoms with van der Waals surface area (Å²) in [6.07, 6.45) is 0. The van der Waals surface area contributed by atoms with Crippen LogP contribution in [0.25, 0.3) is 0 Å². The Kier molecular flexibility index (Phi) is 4.36. The van der Waals surface area contributed by atoms with Gasteiger partial charge in [0.2, 0.25) is 0 Å². The molecule has 0 unspecified atom stereocenters. The third kappa shape index (κ3) is 3.45. The summed E-state index contributed by atoms with van der Waals surface area (Å²) in [5.74, 6) is 0.805. The van der Waals surface area contributed by atoms with Crippen molar-refractivity contribution in [2.45, 2.75) is 13.5 Å². The lowest BCUT2D eigenvalue weighted by Crippen LogP contribution is -2.32. The normalized spacial score (nSPS) is 10.4. The quantitative estimate of drug-likeness (QED) is 0.895. The van der Waals surface area contributed by atoms with Gasteiger partial charge in [0.1, 0.15) is 5.76 Å². The van der Waals surface area contributed by atoms with Gasteiger partial charge in [0.05, 0.1) is 6.61 Å². The van der Waals surface area contributed by atoms with Crippen molar-refractivity contribution < 1.29 is 14.3 Å². The molecule has 2 aromatic rings. The number of hydrogen-bond donors (Lipinski definition) is 1. The second-order valence-corrected chi connectivity index (χ2v) is 4.35. The van der Waals surface area contributed by atoms with Crippen molar-refractivity contribution in [3.63, 3.8) is 0 Å². The van der Waals surface area contributed by atoms with Gasteiger partial charge < -0.3 is 14.4 Å². The Labute approximate surface area is 112 Å². The number of aliphatic hydroxyl groups is 1. The Morgan fingerprint density at radius 1 is 1.21 bits per heavy atom. The SMILES string of the molecule is Cc1ccc(C(=O)N(CCO)Cc2ccccc2)o1. The molecule has 0 bridgehead atoms. The lowest BCUT2D eigenvalue weighted by atomic mass is 10.2. The lowest BCUT2D eigenvalue weighted by Gasteiger charge is -2.20. The lowest BCUT2D eigenvalue weighted by molar-refractivity contribution is 0.0674. The molecule has 0 fully saturated rings. The maximum absolute atomic E-state index is 12.3. The number of carbonyl (C=O) groups is 1. The third-order valence-electron chi connectivity index (χ3n) is 2.82. The van der Waals surface area contributed by atoms with Crippen LogP contribution in [-0.2, 0) is 6.54 Å². The van der Waals surface area contributed by atoms with Gasteiger partial charge >= 0.3 is 0 Å². The van der Waals surface area contributed by atoms with Gasteiger partial charge in [-0.1, -0.05) is 30.3 Å². The van der Waals surface area contributed by atoms with E-state index in [0.717, 1.165) is 5.56 Å². The van der Waals surface area contributed by atoms with Gasteiger partial charge in [0.25, 0.3) is 5.91 Å². The fraction of sp³-hybridized carbons (Fsp3) is 0.267. The van der Waals surface area contributed by atoms with Crippen molar-refractivity contribution in [3.05, 3.63) is 59.5 Å². The molecular formula is C15H17NO3. The van der Waals surface area contributed by atoms with Gasteiger partial charge in [-0.15, -0.1) is 0 Å². The van der Waals surface area contributed by atoms with Crippen molar-refractivity contribution in [1.82, 2.24) is 4.90 Å². The largest absolute Gasteiger partial charge is 0.456 e. The predicted octanol–water partition coefficient (Wildman–Crippen LogP) is 2.22. The number of carbonyl (C=O) groups excluding carboxylic acids is 1. The molecule has 0 radical (unpaired) electrons. The van der Waals surface area contributed by atoms with Crippen LogP contribution >= 0.6 is 0 Å². The highest BCUT2D eigenvalue weighted by Crippen LogP contribution is 2.12. The molecule has 100 valence electrons. The van der Waals surface area contributed by atoms with E-state index in [2.05, 4.69) is 0 Å². The highest BCUT2D eigenvalue weighted by atomic mass is 16.3. The number of benzene rings is 1. The van der Waals surface area contributed by atoms with E-state index >= 15 is 0 Å². The second kappa shape index (κ2) is 6.20. The topological polar surface area (TPSA) is 53.7 Å². The van der Waals surface area contributed by atoms with Crippen LogP contribution in [0.5, 0.6) is 0 Å². The van der Waals surface area contributed by atoms with Crippen LogP contribution in [0.15, 0.2) is 46.9 Å². The van der Waals surface area contributed by atoms with Gasteiger partial charge in [0.15, 0.2) is 5.76 Å². The molecule has 1 aromatic heterocycles. The predicted molar refractivity (Wildman–Crippen MR) is 71.7 cm³/mol. The van der Waals surface area contributed by atoms with E-state index in [1.807, 2.05) is 30.3 Å². The van der Waals surface area contributed by atoms with Gasteiger partial charge in [-0.2, -0.15) is 0 Å². The van der Waals surface area contributed by atoms with Crippen molar-refractivity contribution in [3.8, 4) is 0 Å². The number of hydrogen-bond acceptors (Lipinski definition) is 3. The third-order valence-corrected chi connectivity index (χ3v) is 2.82. The van der Waals surface area contributed by atoms with Crippen LogP contribution in [0.2, 0.25) is 0 Å². The fourth-order valence-electron chi connectivity index (χ4n) is 1.88. The molecule has 2 rings (SSSR count). The molecule has 4 nitrogen and oxygen atoms in total. The molecule has 1 amide bonds. The first-order valence-corrected chi connectivity index (χ1v) is 6.21. The second-order valence-electron chi connectivity index (χ2n) is 4.35. The molecule has 1 N–H and O–H groups in total. The molecule has 19 heavy (non-hydrogen) atoms. The average Bonchev–Trinajstić information content (AvgIpc) is 2.85. The van der Waals surface area contributed by atoms with Gasteiger partial charge in [0, 0.05) is 13.1 Å². The number of amides is 1. The zero-order valence-electron chi connectivity index (χ0n) is 10.9. The molecule has 0 saturated carbocycles. The highest BCUT2D eigenvalue weighted by molar-refractivity contribution is 5.91. The monoisotopic (exact) mass is 259 g/mol. The van der Waals surface area contributed by atoms with E-state index in [4.69, 9.17) is 9.52 Å². The summed E-state index contributed by atoms with van der Waals surface area (Å²) in [4.78, 5) is 13.9. The minimum Gasteiger partial charge on any atom is -0.456 e. The van der Waals surface area contributed by atoms with Crippen molar-refractivity contribution >= 4 is 5.91 Å². The van der Waals surface area contributed by atoms with Gasteiger partial charge in [-0.05, 0) is 24.6 Å². The van der Waals surface area contributed by atoms with E-state index in [9.17, 15) is 4.79 Å². The Balaban J connectivity index is 2.13. The first-order chi connectivity index (χ1) is 9.20. The van der Waals surface area contributed by atoms with Crippen LogP contribution in [0.4, 0.5) is 0 Å². The zero-order valence-corrected chi connectivity index (χ0v) is 10.9. The first kappa shape index (κ1) is 13.4. The van der Waals surface area contributed by atoms with E-state index in [1.165, 1.54) is 0 Å². The number of aryl methyl sites for hydroxylation is 1. The Hall–Kier alpha value is -2.07. The van der Waals surface area contributed by atoms with Crippen LogP contribution in [0.3, 0.4) is 0 Å². The number of nitrogens with zero attached hydrogens (tertiary/aromatic N) is 1. The van der Waals surface area contributed by atoms with Crippen LogP contribution in [0.1, 0.15) is 21.9 Å². The molecule has 4 heteroatoms. The summed E-state index contributed by atoms with van der Waals surface area (Å²) < 4.78 is 5.34. The maximum atomic E-state index is 12.3. The summed E-state index contributed by atoms with van der Waals surface area (Å²) in [5, 5.41) is 9.09. The van der Waals surface area contributed by atoms with Crippen molar-refractivity contribution in [2.24, 2.45) is 0 Å². The first-order valence-electron chi connectivity index (χ1n) is 6.21. The summed E-state index contributed by atoms with van der Waals surface area (Å²) in [5.41, 5.74) is 1.02. The summed E-state index contributed by atoms with van der Waals surface area (Å²) in [6, 6.07) is 13.1. The van der Waals surface area contributed by atoms with Crippen molar-refractivity contribution in [1.29, 1.82) is 0 Å². The smallest absolute Gasteiger partial charge is 0.289 e. The number of aliphatic hydroxyl groups excluding tert-OH is 1. The number of rotatable bonds is 5. The average molecular weight is 259 g/mol. The van der Waals surface area contributed by atoms with Gasteiger partial charge in [-0.25, -0.2) is 0 Å². The zero-order chi connectivity index (χ0) is 13.7. The molecule has 0 aliphatic rings. The highest BCUT2D eigenvalue weighted by Gasteiger charge is 2.18. The molecule has 1 heterocycles. The van der Waals surface area contributed by atoms with E-state index in [0.29, 0.717) is 18.1 Å². The van der Waals surface area contributed by atoms with E-state index < -0.39 is 0 Å². The minimum atomic E-state index is -0.203. The molecule has 0 spiro atoms. The van der Waals surface area contributed by atoms with E-state index in [-0.39, 0.29) is 19.1 Å². The van der Waals surface area contributed by atoms with Crippen LogP contribution < -0.4 is 0 Å². The Bertz CT molecular complexity index is 533. The summed E-state index contributed by atoms with van der Waals surface area (Å²) >= 11 is 0. The molecular weight excluding hydrogens is 242 g/mol. The maximum Gasteiger partial charge on any atom is 0.289 e. The van der Waals surface area contributed by atoms with Crippen molar-refractivity contribution in [2.75, 3.05) is 13.2 Å². The molecule has 1 aromatic carbocycles. The summed E-state index contributed by atoms with van der Waals surface area (Å²) in [7, 11) is 0. The Morgan fingerprint density at radius 2 is 1.95 bits per heavy atom. The fourth-order valence-corrected chi connectivity index (χ4v) is 1.88. The van der Waals surface area contributed by atoms with E-state index in [1.54, 1.807) is 24.0 Å². The molecule has 0 saturated heterocycles. The molecule has 0 aliphatic heterocycles. The van der Waals surface area contributed by atoms with Gasteiger partial charge in [-0.3, -0.25) is 4.79 Å². The van der Waals surface area contributed by atoms with Crippen LogP contribution in [0, 0.1) is 6.92 Å².